The van der Waals surface area contributed by atoms with Gasteiger partial charge in [0.1, 0.15) is 17.5 Å². The van der Waals surface area contributed by atoms with Gasteiger partial charge in [-0.05, 0) is 46.2 Å². The molecular weight excluding hydrogens is 464 g/mol. The highest BCUT2D eigenvalue weighted by molar-refractivity contribution is 7.08. The highest BCUT2D eigenvalue weighted by Gasteiger charge is 2.53. The molecule has 2 amide bonds. The van der Waals surface area contributed by atoms with Crippen molar-refractivity contribution >= 4 is 40.4 Å². The molecule has 1 aliphatic heterocycles. The van der Waals surface area contributed by atoms with Crippen LogP contribution in [-0.2, 0) is 19.2 Å². The number of benzene rings is 2. The van der Waals surface area contributed by atoms with Gasteiger partial charge in [-0.3, -0.25) is 24.1 Å². The zero-order chi connectivity index (χ0) is 25.1. The Balaban J connectivity index is 1.80. The van der Waals surface area contributed by atoms with Crippen LogP contribution < -0.4 is 15.0 Å². The van der Waals surface area contributed by atoms with Crippen LogP contribution in [0.1, 0.15) is 25.5 Å². The number of anilines is 1. The van der Waals surface area contributed by atoms with Crippen LogP contribution in [0.5, 0.6) is 5.75 Å². The van der Waals surface area contributed by atoms with Crippen molar-refractivity contribution in [2.45, 2.75) is 19.9 Å². The van der Waals surface area contributed by atoms with Crippen molar-refractivity contribution in [3.05, 3.63) is 70.9 Å². The first-order chi connectivity index (χ1) is 16.8. The predicted molar refractivity (Wildman–Crippen MR) is 134 cm³/mol. The van der Waals surface area contributed by atoms with E-state index in [1.165, 1.54) is 11.9 Å². The Morgan fingerprint density at radius 2 is 1.74 bits per heavy atom. The summed E-state index contributed by atoms with van der Waals surface area (Å²) in [4.78, 5) is 52.8. The Morgan fingerprint density at radius 3 is 2.37 bits per heavy atom. The number of ketones is 2. The lowest BCUT2D eigenvalue weighted by atomic mass is 9.84. The minimum Gasteiger partial charge on any atom is -0.483 e. The number of carbonyl (C=O) groups excluding carboxylic acids is 4. The Hall–Kier alpha value is -3.78. The molecule has 1 aliphatic rings. The summed E-state index contributed by atoms with van der Waals surface area (Å²) in [6.45, 7) is 3.19. The summed E-state index contributed by atoms with van der Waals surface area (Å²) in [5.74, 6) is -3.40. The van der Waals surface area contributed by atoms with Gasteiger partial charge in [-0.2, -0.15) is 11.3 Å². The summed E-state index contributed by atoms with van der Waals surface area (Å²) < 4.78 is 5.74. The number of likely N-dealkylation sites (N-methyl/N-ethyl adjacent to an activating group) is 1. The molecule has 1 saturated heterocycles. The minimum absolute atomic E-state index is 0.236. The Labute approximate surface area is 207 Å². The fourth-order valence-corrected chi connectivity index (χ4v) is 4.89. The number of rotatable bonds is 8. The monoisotopic (exact) mass is 490 g/mol. The number of para-hydroxylation sites is 1. The minimum atomic E-state index is -1.18. The molecule has 1 N–H and O–H groups in total. The molecule has 2 heterocycles. The molecule has 180 valence electrons. The second-order valence-electron chi connectivity index (χ2n) is 8.58. The molecule has 3 aromatic rings. The molecule has 0 radical (unpaired) electrons. The average molecular weight is 491 g/mol. The topological polar surface area (TPSA) is 92.8 Å². The molecule has 2 aromatic carbocycles. The lowest BCUT2D eigenvalue weighted by Crippen LogP contribution is -2.32. The van der Waals surface area contributed by atoms with E-state index in [4.69, 9.17) is 4.74 Å². The van der Waals surface area contributed by atoms with Crippen LogP contribution in [0.15, 0.2) is 65.4 Å². The van der Waals surface area contributed by atoms with E-state index < -0.39 is 29.6 Å². The van der Waals surface area contributed by atoms with Crippen molar-refractivity contribution in [2.75, 3.05) is 18.6 Å². The van der Waals surface area contributed by atoms with Gasteiger partial charge in [0.05, 0.1) is 6.04 Å². The van der Waals surface area contributed by atoms with Crippen LogP contribution in [0, 0.1) is 11.8 Å². The number of hydrogen-bond acceptors (Lipinski definition) is 6. The largest absolute Gasteiger partial charge is 0.483 e. The summed E-state index contributed by atoms with van der Waals surface area (Å²) in [6.07, 6.45) is 0. The summed E-state index contributed by atoms with van der Waals surface area (Å²) in [5.41, 5.74) is 3.04. The van der Waals surface area contributed by atoms with Gasteiger partial charge in [-0.15, -0.1) is 0 Å². The van der Waals surface area contributed by atoms with Crippen LogP contribution in [0.4, 0.5) is 5.69 Å². The van der Waals surface area contributed by atoms with Crippen molar-refractivity contribution in [3.63, 3.8) is 0 Å². The first-order valence-corrected chi connectivity index (χ1v) is 12.2. The first kappa shape index (κ1) is 24.3. The summed E-state index contributed by atoms with van der Waals surface area (Å²) in [7, 11) is 1.50. The Bertz CT molecular complexity index is 1250. The molecule has 0 bridgehead atoms. The number of ether oxygens (including phenoxy) is 1. The van der Waals surface area contributed by atoms with Crippen molar-refractivity contribution in [2.24, 2.45) is 11.8 Å². The molecule has 0 spiro atoms. The van der Waals surface area contributed by atoms with E-state index in [1.54, 1.807) is 61.6 Å². The van der Waals surface area contributed by atoms with Gasteiger partial charge < -0.3 is 10.1 Å². The normalized spacial score (nSPS) is 17.7. The van der Waals surface area contributed by atoms with Gasteiger partial charge in [0.15, 0.2) is 6.61 Å². The Morgan fingerprint density at radius 1 is 1.03 bits per heavy atom. The van der Waals surface area contributed by atoms with Crippen LogP contribution in [-0.4, -0.2) is 37.0 Å². The van der Waals surface area contributed by atoms with E-state index in [1.807, 2.05) is 29.0 Å². The second kappa shape index (κ2) is 10.2. The fraction of sp³-hybridized carbons (Fsp3) is 0.259. The average Bonchev–Trinajstić information content (AvgIpc) is 3.49. The lowest BCUT2D eigenvalue weighted by Gasteiger charge is -2.29. The zero-order valence-electron chi connectivity index (χ0n) is 19.7. The molecule has 2 atom stereocenters. The number of Topliss-reactive ketones (excluding diaryl/α,β-unsaturated/α-hetero) is 2. The number of carbonyl (C=O) groups is 4. The molecule has 0 saturated carbocycles. The van der Waals surface area contributed by atoms with Crippen molar-refractivity contribution in [1.29, 1.82) is 0 Å². The number of thiophene rings is 1. The molecule has 35 heavy (non-hydrogen) atoms. The van der Waals surface area contributed by atoms with Gasteiger partial charge >= 0.3 is 0 Å². The van der Waals surface area contributed by atoms with E-state index in [0.29, 0.717) is 17.0 Å². The van der Waals surface area contributed by atoms with Crippen LogP contribution in [0.25, 0.3) is 11.1 Å². The molecular formula is C27H26N2O5S. The van der Waals surface area contributed by atoms with Crippen molar-refractivity contribution < 1.29 is 23.9 Å². The third-order valence-electron chi connectivity index (χ3n) is 6.06. The van der Waals surface area contributed by atoms with Crippen LogP contribution in [0.3, 0.4) is 0 Å². The lowest BCUT2D eigenvalue weighted by molar-refractivity contribution is -0.140. The van der Waals surface area contributed by atoms with E-state index in [9.17, 15) is 19.2 Å². The van der Waals surface area contributed by atoms with Gasteiger partial charge in [0, 0.05) is 24.2 Å². The fourth-order valence-electron chi connectivity index (χ4n) is 4.23. The maximum Gasteiger partial charge on any atom is 0.295 e. The van der Waals surface area contributed by atoms with Crippen molar-refractivity contribution in [3.8, 4) is 16.9 Å². The van der Waals surface area contributed by atoms with Crippen LogP contribution >= 0.6 is 11.3 Å². The van der Waals surface area contributed by atoms with Gasteiger partial charge in [-0.1, -0.05) is 44.2 Å². The third kappa shape index (κ3) is 4.74. The summed E-state index contributed by atoms with van der Waals surface area (Å²) >= 11 is 1.59. The highest BCUT2D eigenvalue weighted by Crippen LogP contribution is 2.44. The molecule has 1 aromatic heterocycles. The van der Waals surface area contributed by atoms with Gasteiger partial charge in [0.2, 0.25) is 5.78 Å². The predicted octanol–water partition coefficient (Wildman–Crippen LogP) is 4.04. The van der Waals surface area contributed by atoms with Gasteiger partial charge in [-0.25, -0.2) is 0 Å². The molecule has 2 unspecified atom stereocenters. The standard InChI is InChI=1S/C27H26N2O5S/c1-16(2)25(31)23-24(20-6-4-5-7-21(20)34-14-22(30)28-3)29(27(33)26(23)32)19-10-8-17(9-11-19)18-12-13-35-15-18/h4-13,15-16,23-24H,14H2,1-3H3,(H,28,30). The maximum atomic E-state index is 13.3. The third-order valence-corrected chi connectivity index (χ3v) is 6.74. The van der Waals surface area contributed by atoms with E-state index >= 15 is 0 Å². The molecule has 4 rings (SSSR count). The summed E-state index contributed by atoms with van der Waals surface area (Å²) in [5, 5.41) is 6.51. The number of hydrogen-bond donors (Lipinski definition) is 1. The molecule has 0 aliphatic carbocycles. The number of nitrogens with zero attached hydrogens (tertiary/aromatic N) is 1. The number of amides is 2. The van der Waals surface area contributed by atoms with Crippen LogP contribution in [0.2, 0.25) is 0 Å². The molecule has 8 heteroatoms. The smallest absolute Gasteiger partial charge is 0.295 e. The first-order valence-electron chi connectivity index (χ1n) is 11.3. The van der Waals surface area contributed by atoms with E-state index in [2.05, 4.69) is 5.32 Å². The van der Waals surface area contributed by atoms with E-state index in [-0.39, 0.29) is 18.3 Å². The second-order valence-corrected chi connectivity index (χ2v) is 9.36. The zero-order valence-corrected chi connectivity index (χ0v) is 20.5. The highest BCUT2D eigenvalue weighted by atomic mass is 32.1. The maximum absolute atomic E-state index is 13.3. The van der Waals surface area contributed by atoms with Gasteiger partial charge in [0.25, 0.3) is 11.8 Å². The van der Waals surface area contributed by atoms with Crippen molar-refractivity contribution in [1.82, 2.24) is 5.32 Å². The van der Waals surface area contributed by atoms with E-state index in [0.717, 1.165) is 11.1 Å². The summed E-state index contributed by atoms with van der Waals surface area (Å²) in [6, 6.07) is 15.3. The molecule has 7 nitrogen and oxygen atoms in total. The Kier molecular flexibility index (Phi) is 7.12. The quantitative estimate of drug-likeness (QED) is 0.380. The SMILES string of the molecule is CNC(=O)COc1ccccc1C1C(C(=O)C(C)C)C(=O)C(=O)N1c1ccc(-c2ccsc2)cc1. The number of nitrogens with one attached hydrogen (secondary N) is 1. The molecule has 1 fully saturated rings.